The van der Waals surface area contributed by atoms with E-state index in [9.17, 15) is 4.79 Å². The Balaban J connectivity index is 1.73. The minimum Gasteiger partial charge on any atom is -0.421 e. The fraction of sp³-hybridized carbons (Fsp3) is 0.143. The number of ether oxygens (including phenoxy) is 1. The monoisotopic (exact) mass is 385 g/mol. The molecule has 0 aliphatic rings. The van der Waals surface area contributed by atoms with Crippen LogP contribution in [-0.4, -0.2) is 11.0 Å². The Morgan fingerprint density at radius 2 is 1.81 bits per heavy atom. The second-order valence-corrected chi connectivity index (χ2v) is 6.69. The van der Waals surface area contributed by atoms with Crippen molar-refractivity contribution in [2.75, 3.05) is 0 Å². The number of aryl methyl sites for hydroxylation is 1. The minimum atomic E-state index is -0.480. The number of rotatable bonds is 5. The highest BCUT2D eigenvalue weighted by atomic mass is 35.5. The molecular weight excluding hydrogens is 369 g/mol. The first-order valence-corrected chi connectivity index (χ1v) is 9.05. The number of benzene rings is 2. The third-order valence-corrected chi connectivity index (χ3v) is 4.41. The van der Waals surface area contributed by atoms with Crippen molar-refractivity contribution in [3.05, 3.63) is 82.0 Å². The first kappa shape index (κ1) is 18.4. The summed E-state index contributed by atoms with van der Waals surface area (Å²) in [4.78, 5) is 16.8. The molecule has 0 saturated heterocycles. The summed E-state index contributed by atoms with van der Waals surface area (Å²) in [6.45, 7) is 2.14. The molecule has 0 aliphatic carbocycles. The molecule has 26 heavy (non-hydrogen) atoms. The van der Waals surface area contributed by atoms with Gasteiger partial charge in [-0.15, -0.1) is 0 Å². The SMILES string of the molecule is CCCc1ccc(-c2ccc(C(=O)Oc3ccc(Cl)cc3Cl)cc2)nc1. The molecule has 0 atom stereocenters. The van der Waals surface area contributed by atoms with Crippen LogP contribution in [0.1, 0.15) is 29.3 Å². The van der Waals surface area contributed by atoms with Gasteiger partial charge in [-0.05, 0) is 48.4 Å². The number of hydrogen-bond acceptors (Lipinski definition) is 3. The van der Waals surface area contributed by atoms with Crippen LogP contribution in [0, 0.1) is 0 Å². The first-order chi connectivity index (χ1) is 12.6. The molecule has 3 nitrogen and oxygen atoms in total. The Kier molecular flexibility index (Phi) is 5.92. The number of pyridine rings is 1. The number of carbonyl (C=O) groups excluding carboxylic acids is 1. The zero-order valence-corrected chi connectivity index (χ0v) is 15.7. The summed E-state index contributed by atoms with van der Waals surface area (Å²) in [6.07, 6.45) is 4.00. The van der Waals surface area contributed by atoms with Crippen LogP contribution in [0.25, 0.3) is 11.3 Å². The first-order valence-electron chi connectivity index (χ1n) is 8.29. The fourth-order valence-corrected chi connectivity index (χ4v) is 2.97. The van der Waals surface area contributed by atoms with Gasteiger partial charge in [0.1, 0.15) is 5.75 Å². The maximum absolute atomic E-state index is 12.3. The van der Waals surface area contributed by atoms with Crippen LogP contribution in [0.5, 0.6) is 5.75 Å². The highest BCUT2D eigenvalue weighted by Gasteiger charge is 2.12. The third-order valence-electron chi connectivity index (χ3n) is 3.88. The average Bonchev–Trinajstić information content (AvgIpc) is 2.65. The van der Waals surface area contributed by atoms with Crippen molar-refractivity contribution in [2.45, 2.75) is 19.8 Å². The van der Waals surface area contributed by atoms with Crippen LogP contribution < -0.4 is 4.74 Å². The van der Waals surface area contributed by atoms with Gasteiger partial charge in [-0.2, -0.15) is 0 Å². The van der Waals surface area contributed by atoms with Crippen molar-refractivity contribution in [1.29, 1.82) is 0 Å². The normalized spacial score (nSPS) is 10.6. The Morgan fingerprint density at radius 3 is 2.42 bits per heavy atom. The Bertz CT molecular complexity index is 906. The van der Waals surface area contributed by atoms with Crippen molar-refractivity contribution in [2.24, 2.45) is 0 Å². The average molecular weight is 386 g/mol. The van der Waals surface area contributed by atoms with Crippen LogP contribution in [-0.2, 0) is 6.42 Å². The van der Waals surface area contributed by atoms with Gasteiger partial charge in [0.2, 0.25) is 0 Å². The van der Waals surface area contributed by atoms with Crippen molar-refractivity contribution in [1.82, 2.24) is 4.98 Å². The topological polar surface area (TPSA) is 39.2 Å². The third kappa shape index (κ3) is 4.43. The van der Waals surface area contributed by atoms with Crippen molar-refractivity contribution < 1.29 is 9.53 Å². The van der Waals surface area contributed by atoms with Crippen molar-refractivity contribution >= 4 is 29.2 Å². The molecule has 0 amide bonds. The predicted octanol–water partition coefficient (Wildman–Crippen LogP) is 6.23. The molecule has 0 unspecified atom stereocenters. The molecular formula is C21H17Cl2NO2. The molecule has 3 aromatic rings. The van der Waals surface area contributed by atoms with E-state index >= 15 is 0 Å². The highest BCUT2D eigenvalue weighted by molar-refractivity contribution is 6.35. The van der Waals surface area contributed by atoms with E-state index in [0.717, 1.165) is 24.1 Å². The second kappa shape index (κ2) is 8.35. The van der Waals surface area contributed by atoms with Gasteiger partial charge in [0, 0.05) is 16.8 Å². The zero-order chi connectivity index (χ0) is 18.5. The molecule has 1 heterocycles. The van der Waals surface area contributed by atoms with E-state index in [1.54, 1.807) is 24.3 Å². The molecule has 1 aromatic heterocycles. The molecule has 0 spiro atoms. The molecule has 2 aromatic carbocycles. The number of esters is 1. The molecule has 3 rings (SSSR count). The van der Waals surface area contributed by atoms with Gasteiger partial charge < -0.3 is 4.74 Å². The van der Waals surface area contributed by atoms with E-state index in [1.807, 2.05) is 24.4 Å². The fourth-order valence-electron chi connectivity index (χ4n) is 2.53. The van der Waals surface area contributed by atoms with Crippen molar-refractivity contribution in [3.63, 3.8) is 0 Å². The Hall–Kier alpha value is -2.36. The van der Waals surface area contributed by atoms with Gasteiger partial charge in [0.05, 0.1) is 16.3 Å². The number of halogens is 2. The predicted molar refractivity (Wildman–Crippen MR) is 105 cm³/mol. The van der Waals surface area contributed by atoms with E-state index in [0.29, 0.717) is 15.6 Å². The zero-order valence-electron chi connectivity index (χ0n) is 14.2. The highest BCUT2D eigenvalue weighted by Crippen LogP contribution is 2.28. The lowest BCUT2D eigenvalue weighted by Gasteiger charge is -2.07. The van der Waals surface area contributed by atoms with Crippen molar-refractivity contribution in [3.8, 4) is 17.0 Å². The summed E-state index contributed by atoms with van der Waals surface area (Å²) >= 11 is 11.9. The summed E-state index contributed by atoms with van der Waals surface area (Å²) in [5.74, 6) is -0.203. The summed E-state index contributed by atoms with van der Waals surface area (Å²) in [7, 11) is 0. The van der Waals surface area contributed by atoms with Gasteiger partial charge in [0.25, 0.3) is 0 Å². The van der Waals surface area contributed by atoms with Gasteiger partial charge in [-0.3, -0.25) is 4.98 Å². The maximum Gasteiger partial charge on any atom is 0.343 e. The second-order valence-electron chi connectivity index (χ2n) is 5.84. The van der Waals surface area contributed by atoms with Crippen LogP contribution >= 0.6 is 23.2 Å². The lowest BCUT2D eigenvalue weighted by Crippen LogP contribution is -2.08. The maximum atomic E-state index is 12.3. The smallest absolute Gasteiger partial charge is 0.343 e. The van der Waals surface area contributed by atoms with E-state index in [-0.39, 0.29) is 5.75 Å². The largest absolute Gasteiger partial charge is 0.421 e. The number of nitrogens with zero attached hydrogens (tertiary/aromatic N) is 1. The Labute approximate surface area is 162 Å². The lowest BCUT2D eigenvalue weighted by molar-refractivity contribution is 0.0735. The van der Waals surface area contributed by atoms with E-state index in [1.165, 1.54) is 11.6 Å². The summed E-state index contributed by atoms with van der Waals surface area (Å²) in [5, 5.41) is 0.774. The van der Waals surface area contributed by atoms with Crippen LogP contribution in [0.15, 0.2) is 60.8 Å². The van der Waals surface area contributed by atoms with E-state index in [4.69, 9.17) is 27.9 Å². The van der Waals surface area contributed by atoms with Crippen LogP contribution in [0.3, 0.4) is 0 Å². The summed E-state index contributed by atoms with van der Waals surface area (Å²) in [5.41, 5.74) is 3.46. The molecule has 0 fully saturated rings. The summed E-state index contributed by atoms with van der Waals surface area (Å²) < 4.78 is 5.33. The van der Waals surface area contributed by atoms with E-state index < -0.39 is 5.97 Å². The molecule has 0 aliphatic heterocycles. The summed E-state index contributed by atoms with van der Waals surface area (Å²) in [6, 6.07) is 15.9. The van der Waals surface area contributed by atoms with Gasteiger partial charge >= 0.3 is 5.97 Å². The van der Waals surface area contributed by atoms with Crippen LogP contribution in [0.2, 0.25) is 10.0 Å². The molecule has 0 saturated carbocycles. The molecule has 0 bridgehead atoms. The van der Waals surface area contributed by atoms with Gasteiger partial charge in [0.15, 0.2) is 0 Å². The number of hydrogen-bond donors (Lipinski definition) is 0. The van der Waals surface area contributed by atoms with Crippen LogP contribution in [0.4, 0.5) is 0 Å². The number of carbonyl (C=O) groups is 1. The molecule has 132 valence electrons. The number of aromatic nitrogens is 1. The standard InChI is InChI=1S/C21H17Cl2NO2/c1-2-3-14-4-10-19(24-13-14)15-5-7-16(8-6-15)21(25)26-20-11-9-17(22)12-18(20)23/h4-13H,2-3H2,1H3. The quantitative estimate of drug-likeness (QED) is 0.386. The lowest BCUT2D eigenvalue weighted by atomic mass is 10.1. The molecule has 5 heteroatoms. The Morgan fingerprint density at radius 1 is 1.04 bits per heavy atom. The van der Waals surface area contributed by atoms with Gasteiger partial charge in [-0.25, -0.2) is 4.79 Å². The molecule has 0 N–H and O–H groups in total. The minimum absolute atomic E-state index is 0.276. The van der Waals surface area contributed by atoms with Gasteiger partial charge in [-0.1, -0.05) is 54.7 Å². The molecule has 0 radical (unpaired) electrons. The van der Waals surface area contributed by atoms with E-state index in [2.05, 4.69) is 18.0 Å².